The number of carbonyl (C=O) groups excluding carboxylic acids is 2. The quantitative estimate of drug-likeness (QED) is 0.702. The van der Waals surface area contributed by atoms with Crippen LogP contribution >= 0.6 is 0 Å². The monoisotopic (exact) mass is 265 g/mol. The molecule has 0 amide bonds. The van der Waals surface area contributed by atoms with Crippen molar-refractivity contribution in [3.63, 3.8) is 0 Å². The first-order valence-electron chi connectivity index (χ1n) is 6.40. The van der Waals surface area contributed by atoms with Crippen molar-refractivity contribution in [2.45, 2.75) is 33.1 Å². The third kappa shape index (κ3) is 5.50. The summed E-state index contributed by atoms with van der Waals surface area (Å²) in [6, 6.07) is 1.78. The Kier molecular flexibility index (Phi) is 6.57. The molecule has 104 valence electrons. The number of ether oxygens (including phenoxy) is 2. The van der Waals surface area contributed by atoms with E-state index in [9.17, 15) is 9.59 Å². The highest BCUT2D eigenvalue weighted by Crippen LogP contribution is 2.11. The Bertz CT molecular complexity index is 431. The molecular weight excluding hydrogens is 246 g/mol. The van der Waals surface area contributed by atoms with E-state index < -0.39 is 0 Å². The minimum atomic E-state index is -0.272. The second-order valence-electron chi connectivity index (χ2n) is 3.93. The Hall–Kier alpha value is -1.91. The minimum absolute atomic E-state index is 0.203. The van der Waals surface area contributed by atoms with Crippen molar-refractivity contribution in [3.8, 4) is 0 Å². The molecule has 0 aliphatic rings. The maximum atomic E-state index is 11.5. The predicted molar refractivity (Wildman–Crippen MR) is 69.5 cm³/mol. The van der Waals surface area contributed by atoms with E-state index in [0.29, 0.717) is 19.6 Å². The van der Waals surface area contributed by atoms with Gasteiger partial charge in [-0.3, -0.25) is 14.6 Å². The van der Waals surface area contributed by atoms with E-state index in [-0.39, 0.29) is 24.8 Å². The standard InChI is InChI=1S/C14H19NO4/c1-3-18-13(16)6-5-12-10-15-8-7-11(12)9-14(17)19-4-2/h7-8,10H,3-6,9H2,1-2H3. The zero-order valence-electron chi connectivity index (χ0n) is 11.3. The first-order valence-corrected chi connectivity index (χ1v) is 6.40. The average Bonchev–Trinajstić information content (AvgIpc) is 2.38. The summed E-state index contributed by atoms with van der Waals surface area (Å²) in [5.74, 6) is -0.514. The molecule has 0 atom stereocenters. The second-order valence-corrected chi connectivity index (χ2v) is 3.93. The van der Waals surface area contributed by atoms with Crippen LogP contribution in [-0.4, -0.2) is 30.1 Å². The van der Waals surface area contributed by atoms with Crippen LogP contribution in [0.15, 0.2) is 18.5 Å². The van der Waals surface area contributed by atoms with Crippen LogP contribution in [0.3, 0.4) is 0 Å². The summed E-state index contributed by atoms with van der Waals surface area (Å²) in [5, 5.41) is 0. The van der Waals surface area contributed by atoms with E-state index in [1.165, 1.54) is 0 Å². The smallest absolute Gasteiger partial charge is 0.310 e. The zero-order valence-corrected chi connectivity index (χ0v) is 11.3. The zero-order chi connectivity index (χ0) is 14.1. The molecule has 0 bridgehead atoms. The summed E-state index contributed by atoms with van der Waals surface area (Å²) in [6.07, 6.45) is 4.31. The molecule has 1 aromatic heterocycles. The fraction of sp³-hybridized carbons (Fsp3) is 0.500. The normalized spacial score (nSPS) is 10.0. The van der Waals surface area contributed by atoms with E-state index in [4.69, 9.17) is 9.47 Å². The van der Waals surface area contributed by atoms with Crippen molar-refractivity contribution in [1.82, 2.24) is 4.98 Å². The third-order valence-corrected chi connectivity index (χ3v) is 2.55. The molecule has 19 heavy (non-hydrogen) atoms. The van der Waals surface area contributed by atoms with Crippen molar-refractivity contribution in [2.75, 3.05) is 13.2 Å². The van der Waals surface area contributed by atoms with Gasteiger partial charge in [0.2, 0.25) is 0 Å². The summed E-state index contributed by atoms with van der Waals surface area (Å²) in [6.45, 7) is 4.28. The molecule has 0 unspecified atom stereocenters. The van der Waals surface area contributed by atoms with Crippen LogP contribution in [0.2, 0.25) is 0 Å². The van der Waals surface area contributed by atoms with Gasteiger partial charge in [0.1, 0.15) is 0 Å². The average molecular weight is 265 g/mol. The van der Waals surface area contributed by atoms with Crippen molar-refractivity contribution in [2.24, 2.45) is 0 Å². The second kappa shape index (κ2) is 8.24. The maximum Gasteiger partial charge on any atom is 0.310 e. The summed E-state index contributed by atoms with van der Waals surface area (Å²) in [7, 11) is 0. The molecule has 5 nitrogen and oxygen atoms in total. The van der Waals surface area contributed by atoms with E-state index in [1.807, 2.05) is 0 Å². The van der Waals surface area contributed by atoms with Gasteiger partial charge in [0.15, 0.2) is 0 Å². The van der Waals surface area contributed by atoms with Crippen LogP contribution in [0, 0.1) is 0 Å². The summed E-state index contributed by atoms with van der Waals surface area (Å²) < 4.78 is 9.79. The summed E-state index contributed by atoms with van der Waals surface area (Å²) in [4.78, 5) is 26.8. The molecule has 0 aliphatic heterocycles. The fourth-order valence-electron chi connectivity index (χ4n) is 1.69. The Morgan fingerprint density at radius 1 is 1.11 bits per heavy atom. The maximum absolute atomic E-state index is 11.5. The van der Waals surface area contributed by atoms with Crippen LogP contribution in [0.5, 0.6) is 0 Å². The first kappa shape index (κ1) is 15.1. The molecule has 0 spiro atoms. The highest BCUT2D eigenvalue weighted by Gasteiger charge is 2.10. The SMILES string of the molecule is CCOC(=O)CCc1cnccc1CC(=O)OCC. The van der Waals surface area contributed by atoms with Crippen LogP contribution in [0.4, 0.5) is 0 Å². The van der Waals surface area contributed by atoms with Gasteiger partial charge in [-0.05, 0) is 37.5 Å². The van der Waals surface area contributed by atoms with Crippen LogP contribution in [0.25, 0.3) is 0 Å². The molecule has 0 fully saturated rings. The number of carbonyl (C=O) groups is 2. The predicted octanol–water partition coefficient (Wildman–Crippen LogP) is 1.68. The minimum Gasteiger partial charge on any atom is -0.466 e. The van der Waals surface area contributed by atoms with Gasteiger partial charge in [0.25, 0.3) is 0 Å². The summed E-state index contributed by atoms with van der Waals surface area (Å²) >= 11 is 0. The molecule has 0 saturated heterocycles. The number of aryl methyl sites for hydroxylation is 1. The van der Waals surface area contributed by atoms with Gasteiger partial charge in [-0.1, -0.05) is 0 Å². The largest absolute Gasteiger partial charge is 0.466 e. The Labute approximate surface area is 112 Å². The molecule has 1 heterocycles. The van der Waals surface area contributed by atoms with Crippen molar-refractivity contribution in [1.29, 1.82) is 0 Å². The lowest BCUT2D eigenvalue weighted by molar-refractivity contribution is -0.143. The van der Waals surface area contributed by atoms with Crippen molar-refractivity contribution >= 4 is 11.9 Å². The number of pyridine rings is 1. The lowest BCUT2D eigenvalue weighted by Gasteiger charge is -2.08. The third-order valence-electron chi connectivity index (χ3n) is 2.55. The van der Waals surface area contributed by atoms with E-state index in [1.54, 1.807) is 32.3 Å². The number of hydrogen-bond donors (Lipinski definition) is 0. The molecule has 1 aromatic rings. The Balaban J connectivity index is 2.62. The Morgan fingerprint density at radius 2 is 1.79 bits per heavy atom. The lowest BCUT2D eigenvalue weighted by atomic mass is 10.0. The summed E-state index contributed by atoms with van der Waals surface area (Å²) in [5.41, 5.74) is 1.72. The van der Waals surface area contributed by atoms with E-state index in [2.05, 4.69) is 4.98 Å². The van der Waals surface area contributed by atoms with Crippen LogP contribution in [0.1, 0.15) is 31.4 Å². The highest BCUT2D eigenvalue weighted by atomic mass is 16.5. The number of rotatable bonds is 7. The van der Waals surface area contributed by atoms with Crippen molar-refractivity contribution < 1.29 is 19.1 Å². The number of nitrogens with zero attached hydrogens (tertiary/aromatic N) is 1. The van der Waals surface area contributed by atoms with Gasteiger partial charge in [-0.15, -0.1) is 0 Å². The molecule has 0 aromatic carbocycles. The van der Waals surface area contributed by atoms with Gasteiger partial charge >= 0.3 is 11.9 Å². The van der Waals surface area contributed by atoms with Crippen molar-refractivity contribution in [3.05, 3.63) is 29.6 Å². The molecule has 0 radical (unpaired) electrons. The molecule has 5 heteroatoms. The molecule has 0 aliphatic carbocycles. The molecule has 0 N–H and O–H groups in total. The van der Waals surface area contributed by atoms with Gasteiger partial charge < -0.3 is 9.47 Å². The molecule has 0 saturated carbocycles. The van der Waals surface area contributed by atoms with Gasteiger partial charge in [0.05, 0.1) is 19.6 Å². The first-order chi connectivity index (χ1) is 9.17. The number of hydrogen-bond acceptors (Lipinski definition) is 5. The lowest BCUT2D eigenvalue weighted by Crippen LogP contribution is -2.11. The molecular formula is C14H19NO4. The van der Waals surface area contributed by atoms with Gasteiger partial charge in [0, 0.05) is 18.8 Å². The van der Waals surface area contributed by atoms with E-state index >= 15 is 0 Å². The Morgan fingerprint density at radius 3 is 2.47 bits per heavy atom. The van der Waals surface area contributed by atoms with E-state index in [0.717, 1.165) is 11.1 Å². The van der Waals surface area contributed by atoms with Gasteiger partial charge in [-0.2, -0.15) is 0 Å². The number of esters is 2. The molecule has 1 rings (SSSR count). The highest BCUT2D eigenvalue weighted by molar-refractivity contribution is 5.73. The van der Waals surface area contributed by atoms with Gasteiger partial charge in [-0.25, -0.2) is 0 Å². The topological polar surface area (TPSA) is 65.5 Å². The van der Waals surface area contributed by atoms with Crippen LogP contribution < -0.4 is 0 Å². The van der Waals surface area contributed by atoms with Crippen LogP contribution in [-0.2, 0) is 31.9 Å². The fourth-order valence-corrected chi connectivity index (χ4v) is 1.69. The number of aromatic nitrogens is 1.